The van der Waals surface area contributed by atoms with Gasteiger partial charge in [0.25, 0.3) is 0 Å². The van der Waals surface area contributed by atoms with E-state index in [9.17, 15) is 17.6 Å². The Balaban J connectivity index is 2.99. The Labute approximate surface area is 162 Å². The van der Waals surface area contributed by atoms with Crippen LogP contribution >= 0.6 is 0 Å². The zero-order valence-electron chi connectivity index (χ0n) is 16.7. The van der Waals surface area contributed by atoms with Gasteiger partial charge in [0.2, 0.25) is 12.9 Å². The smallest absolute Gasteiger partial charge is 0.238 e. The third-order valence-corrected chi connectivity index (χ3v) is 4.46. The van der Waals surface area contributed by atoms with Crippen LogP contribution in [0, 0.1) is 0 Å². The maximum Gasteiger partial charge on any atom is 0.238 e. The molecule has 0 unspecified atom stereocenters. The molecule has 0 fully saturated rings. The lowest BCUT2D eigenvalue weighted by Gasteiger charge is -2.06. The molecule has 0 atom stereocenters. The van der Waals surface area contributed by atoms with Gasteiger partial charge in [0.15, 0.2) is 0 Å². The van der Waals surface area contributed by atoms with E-state index in [1.165, 1.54) is 0 Å². The van der Waals surface area contributed by atoms with Gasteiger partial charge in [0.05, 0.1) is 13.2 Å². The predicted molar refractivity (Wildman–Crippen MR) is 101 cm³/mol. The van der Waals surface area contributed by atoms with E-state index in [1.807, 2.05) is 0 Å². The molecule has 0 aliphatic carbocycles. The van der Waals surface area contributed by atoms with Crippen LogP contribution in [0.15, 0.2) is 0 Å². The maximum atomic E-state index is 11.9. The van der Waals surface area contributed by atoms with Gasteiger partial charge < -0.3 is 0 Å². The third-order valence-electron chi connectivity index (χ3n) is 4.46. The van der Waals surface area contributed by atoms with Crippen molar-refractivity contribution in [2.75, 3.05) is 13.2 Å². The van der Waals surface area contributed by atoms with Gasteiger partial charge in [0, 0.05) is 12.8 Å². The molecule has 0 heterocycles. The molecule has 0 radical (unpaired) electrons. The van der Waals surface area contributed by atoms with Crippen molar-refractivity contribution in [3.8, 4) is 0 Å². The number of alkyl halides is 4. The molecule has 0 amide bonds. The van der Waals surface area contributed by atoms with Crippen LogP contribution in [-0.4, -0.2) is 26.1 Å². The number of unbranched alkanes of at least 4 members (excludes halogenated alkanes) is 12. The Bertz CT molecular complexity index is 259. The van der Waals surface area contributed by atoms with E-state index in [4.69, 9.17) is 9.68 Å². The van der Waals surface area contributed by atoms with Crippen LogP contribution in [0.1, 0.15) is 103 Å². The van der Waals surface area contributed by atoms with Gasteiger partial charge in [0.1, 0.15) is 0 Å². The Morgan fingerprint density at radius 3 is 1.07 bits per heavy atom. The van der Waals surface area contributed by atoms with E-state index in [-0.39, 0.29) is 12.8 Å². The lowest BCUT2D eigenvalue weighted by Crippen LogP contribution is -2.16. The lowest BCUT2D eigenvalue weighted by molar-refractivity contribution is -0.171. The Morgan fingerprint density at radius 2 is 0.741 bits per heavy atom. The predicted octanol–water partition coefficient (Wildman–Crippen LogP) is 7.21. The SMILES string of the molecule is FC(F)CCCCCCCCCONOCCCCCCCCCC(F)F. The molecule has 7 heteroatoms. The van der Waals surface area contributed by atoms with Gasteiger partial charge in [-0.3, -0.25) is 9.68 Å². The molecule has 0 rings (SSSR count). The van der Waals surface area contributed by atoms with Crippen molar-refractivity contribution in [3.63, 3.8) is 0 Å². The Kier molecular flexibility index (Phi) is 21.6. The minimum Gasteiger partial charge on any atom is -0.277 e. The third kappa shape index (κ3) is 25.6. The summed E-state index contributed by atoms with van der Waals surface area (Å²) in [6.45, 7) is 1.20. The highest BCUT2D eigenvalue weighted by Crippen LogP contribution is 2.12. The standard InChI is InChI=1S/C20H39F4NO2/c21-19(22)15-11-7-3-1-5-9-13-17-26-25-27-18-14-10-6-2-4-8-12-16-20(23)24/h19-20,25H,1-18H2. The zero-order valence-corrected chi connectivity index (χ0v) is 16.7. The molecule has 3 nitrogen and oxygen atoms in total. The van der Waals surface area contributed by atoms with Crippen LogP contribution in [-0.2, 0) is 9.68 Å². The molecule has 0 aromatic heterocycles. The van der Waals surface area contributed by atoms with Gasteiger partial charge in [-0.15, -0.1) is 0 Å². The van der Waals surface area contributed by atoms with E-state index in [0.717, 1.165) is 77.0 Å². The minimum atomic E-state index is -2.16. The van der Waals surface area contributed by atoms with E-state index < -0.39 is 12.9 Å². The van der Waals surface area contributed by atoms with E-state index in [0.29, 0.717) is 26.1 Å². The topological polar surface area (TPSA) is 30.5 Å². The first-order valence-corrected chi connectivity index (χ1v) is 10.7. The van der Waals surface area contributed by atoms with E-state index >= 15 is 0 Å². The van der Waals surface area contributed by atoms with Gasteiger partial charge in [-0.25, -0.2) is 17.6 Å². The quantitative estimate of drug-likeness (QED) is 0.118. The second-order valence-electron chi connectivity index (χ2n) is 7.09. The molecule has 0 aromatic rings. The average Bonchev–Trinajstić information content (AvgIpc) is 2.62. The molecule has 0 saturated heterocycles. The summed E-state index contributed by atoms with van der Waals surface area (Å²) in [7, 11) is 0. The number of rotatable bonds is 22. The van der Waals surface area contributed by atoms with Crippen LogP contribution in [0.25, 0.3) is 0 Å². The van der Waals surface area contributed by atoms with Crippen molar-refractivity contribution in [2.45, 2.75) is 116 Å². The molecule has 164 valence electrons. The highest BCUT2D eigenvalue weighted by atomic mass is 19.3. The zero-order chi connectivity index (χ0) is 20.0. The molecular formula is C20H39F4NO2. The average molecular weight is 402 g/mol. The van der Waals surface area contributed by atoms with Crippen LogP contribution in [0.2, 0.25) is 0 Å². The van der Waals surface area contributed by atoms with Crippen LogP contribution in [0.3, 0.4) is 0 Å². The molecule has 0 bridgehead atoms. The second kappa shape index (κ2) is 21.9. The van der Waals surface area contributed by atoms with Gasteiger partial charge in [-0.1, -0.05) is 69.9 Å². The molecule has 0 aliphatic heterocycles. The Hall–Kier alpha value is -0.400. The van der Waals surface area contributed by atoms with E-state index in [1.54, 1.807) is 0 Å². The summed E-state index contributed by atoms with van der Waals surface area (Å²) in [6, 6.07) is 0. The van der Waals surface area contributed by atoms with Crippen LogP contribution in [0.5, 0.6) is 0 Å². The molecular weight excluding hydrogens is 362 g/mol. The van der Waals surface area contributed by atoms with Gasteiger partial charge in [-0.2, -0.15) is 0 Å². The number of halogens is 4. The highest BCUT2D eigenvalue weighted by molar-refractivity contribution is 4.49. The van der Waals surface area contributed by atoms with Crippen LogP contribution in [0.4, 0.5) is 17.6 Å². The van der Waals surface area contributed by atoms with Crippen molar-refractivity contribution >= 4 is 0 Å². The maximum absolute atomic E-state index is 11.9. The normalized spacial score (nSPS) is 11.8. The van der Waals surface area contributed by atoms with Crippen molar-refractivity contribution in [1.82, 2.24) is 5.64 Å². The van der Waals surface area contributed by atoms with Crippen molar-refractivity contribution in [3.05, 3.63) is 0 Å². The second-order valence-corrected chi connectivity index (χ2v) is 7.09. The summed E-state index contributed by atoms with van der Waals surface area (Å²) in [5.74, 6) is 0. The fraction of sp³-hybridized carbons (Fsp3) is 1.00. The number of hydrogen-bond donors (Lipinski definition) is 1. The first-order chi connectivity index (χ1) is 13.1. The monoisotopic (exact) mass is 401 g/mol. The summed E-state index contributed by atoms with van der Waals surface area (Å²) < 4.78 is 47.8. The fourth-order valence-corrected chi connectivity index (χ4v) is 2.84. The summed E-state index contributed by atoms with van der Waals surface area (Å²) in [6.07, 6.45) is 9.35. The molecule has 0 aliphatic rings. The lowest BCUT2D eigenvalue weighted by atomic mass is 10.1. The molecule has 0 aromatic carbocycles. The van der Waals surface area contributed by atoms with Gasteiger partial charge in [-0.05, 0) is 25.7 Å². The summed E-state index contributed by atoms with van der Waals surface area (Å²) in [5, 5.41) is 0. The number of nitrogens with one attached hydrogen (secondary N) is 1. The molecule has 0 saturated carbocycles. The van der Waals surface area contributed by atoms with Crippen molar-refractivity contribution in [2.24, 2.45) is 0 Å². The van der Waals surface area contributed by atoms with Crippen molar-refractivity contribution < 1.29 is 27.2 Å². The van der Waals surface area contributed by atoms with Crippen molar-refractivity contribution in [1.29, 1.82) is 0 Å². The van der Waals surface area contributed by atoms with Gasteiger partial charge >= 0.3 is 0 Å². The fourth-order valence-electron chi connectivity index (χ4n) is 2.84. The summed E-state index contributed by atoms with van der Waals surface area (Å²) in [4.78, 5) is 10.4. The first-order valence-electron chi connectivity index (χ1n) is 10.7. The minimum absolute atomic E-state index is 0.0308. The largest absolute Gasteiger partial charge is 0.277 e. The molecule has 1 N–H and O–H groups in total. The number of hydrogen-bond acceptors (Lipinski definition) is 3. The van der Waals surface area contributed by atoms with Crippen LogP contribution < -0.4 is 5.64 Å². The molecule has 0 spiro atoms. The highest BCUT2D eigenvalue weighted by Gasteiger charge is 2.01. The molecule has 27 heavy (non-hydrogen) atoms. The first kappa shape index (κ1) is 26.6. The summed E-state index contributed by atoms with van der Waals surface area (Å²) in [5.41, 5.74) is 2.50. The Morgan fingerprint density at radius 1 is 0.444 bits per heavy atom. The summed E-state index contributed by atoms with van der Waals surface area (Å²) >= 11 is 0. The van der Waals surface area contributed by atoms with E-state index in [2.05, 4.69) is 5.64 Å².